The van der Waals surface area contributed by atoms with Gasteiger partial charge in [-0.2, -0.15) is 0 Å². The Morgan fingerprint density at radius 2 is 2.23 bits per heavy atom. The molecule has 4 rings (SSSR count). The number of carbonyl (C=O) groups excluding carboxylic acids is 1. The Morgan fingerprint density at radius 1 is 1.38 bits per heavy atom. The van der Waals surface area contributed by atoms with Crippen LogP contribution >= 0.6 is 0 Å². The van der Waals surface area contributed by atoms with Gasteiger partial charge in [-0.1, -0.05) is 6.07 Å². The fourth-order valence-corrected chi connectivity index (χ4v) is 3.79. The molecule has 2 aliphatic rings. The predicted octanol–water partition coefficient (Wildman–Crippen LogP) is 1.17. The van der Waals surface area contributed by atoms with Gasteiger partial charge in [0.15, 0.2) is 5.82 Å². The van der Waals surface area contributed by atoms with Crippen LogP contribution in [0.25, 0.3) is 0 Å². The summed E-state index contributed by atoms with van der Waals surface area (Å²) in [6.45, 7) is 2.95. The highest BCUT2D eigenvalue weighted by Gasteiger charge is 2.52. The van der Waals surface area contributed by atoms with Crippen LogP contribution in [0.5, 0.6) is 0 Å². The number of ether oxygens (including phenoxy) is 1. The molecular weight excluding hydrogens is 337 g/mol. The number of aromatic nitrogens is 3. The van der Waals surface area contributed by atoms with Crippen LogP contribution in [0.2, 0.25) is 0 Å². The Morgan fingerprint density at radius 3 is 3.00 bits per heavy atom. The normalized spacial score (nSPS) is 24.5. The molecule has 8 heteroatoms. The van der Waals surface area contributed by atoms with Crippen LogP contribution < -0.4 is 10.2 Å². The summed E-state index contributed by atoms with van der Waals surface area (Å²) in [6.07, 6.45) is 6.16. The molecule has 0 saturated carbocycles. The van der Waals surface area contributed by atoms with E-state index in [0.717, 1.165) is 5.56 Å². The smallest absolute Gasteiger partial charge is 0.225 e. The van der Waals surface area contributed by atoms with Crippen LogP contribution in [-0.4, -0.2) is 47.2 Å². The van der Waals surface area contributed by atoms with Crippen LogP contribution in [0, 0.1) is 17.2 Å². The maximum absolute atomic E-state index is 13.1. The molecule has 0 aliphatic carbocycles. The fourth-order valence-electron chi connectivity index (χ4n) is 3.79. The summed E-state index contributed by atoms with van der Waals surface area (Å²) in [5, 5.41) is 2.96. The molecule has 2 aromatic heterocycles. The van der Waals surface area contributed by atoms with Crippen molar-refractivity contribution in [1.29, 1.82) is 0 Å². The minimum atomic E-state index is -0.457. The number of nitrogens with one attached hydrogen (secondary N) is 1. The standard InChI is InChI=1S/C18H20FN5O2/c19-15-7-22-17(23-8-15)24-9-14-10-26-12-18(14,11-24)4-16(25)21-6-13-2-1-3-20-5-13/h1-3,5,7-8,14H,4,6,9-12H2,(H,21,25)/t14-,18+/m1/s1. The SMILES string of the molecule is O=C(C[C@]12COC[C@H]1CN(c1ncc(F)cn1)C2)NCc1cccnc1. The van der Waals surface area contributed by atoms with Gasteiger partial charge in [0.25, 0.3) is 0 Å². The van der Waals surface area contributed by atoms with E-state index in [1.807, 2.05) is 17.0 Å². The van der Waals surface area contributed by atoms with Crippen molar-refractivity contribution < 1.29 is 13.9 Å². The lowest BCUT2D eigenvalue weighted by Gasteiger charge is -2.26. The highest BCUT2D eigenvalue weighted by molar-refractivity contribution is 5.77. The van der Waals surface area contributed by atoms with Gasteiger partial charge in [0.1, 0.15) is 0 Å². The zero-order chi connectivity index (χ0) is 18.0. The molecule has 2 atom stereocenters. The number of hydrogen-bond donors (Lipinski definition) is 1. The largest absolute Gasteiger partial charge is 0.380 e. The van der Waals surface area contributed by atoms with Crippen molar-refractivity contribution in [2.75, 3.05) is 31.2 Å². The number of carbonyl (C=O) groups is 1. The summed E-state index contributed by atoms with van der Waals surface area (Å²) in [5.74, 6) is 0.267. The van der Waals surface area contributed by atoms with Crippen LogP contribution in [0.1, 0.15) is 12.0 Å². The first-order valence-electron chi connectivity index (χ1n) is 8.60. The van der Waals surface area contributed by atoms with E-state index in [9.17, 15) is 9.18 Å². The maximum Gasteiger partial charge on any atom is 0.225 e. The summed E-state index contributed by atoms with van der Waals surface area (Å²) in [4.78, 5) is 26.7. The van der Waals surface area contributed by atoms with E-state index >= 15 is 0 Å². The molecule has 0 unspecified atom stereocenters. The topological polar surface area (TPSA) is 80.2 Å². The molecule has 7 nitrogen and oxygen atoms in total. The van der Waals surface area contributed by atoms with Crippen molar-refractivity contribution in [3.05, 3.63) is 48.3 Å². The molecule has 2 saturated heterocycles. The molecule has 26 heavy (non-hydrogen) atoms. The molecule has 0 spiro atoms. The maximum atomic E-state index is 13.1. The van der Waals surface area contributed by atoms with Crippen molar-refractivity contribution in [2.24, 2.45) is 11.3 Å². The van der Waals surface area contributed by atoms with E-state index in [2.05, 4.69) is 20.3 Å². The first kappa shape index (κ1) is 16.8. The fraction of sp³-hybridized carbons (Fsp3) is 0.444. The van der Waals surface area contributed by atoms with Gasteiger partial charge in [0.05, 0.1) is 25.6 Å². The minimum Gasteiger partial charge on any atom is -0.380 e. The van der Waals surface area contributed by atoms with Crippen molar-refractivity contribution in [3.63, 3.8) is 0 Å². The first-order valence-corrected chi connectivity index (χ1v) is 8.60. The van der Waals surface area contributed by atoms with Crippen LogP contribution in [-0.2, 0) is 16.1 Å². The van der Waals surface area contributed by atoms with Gasteiger partial charge in [-0.05, 0) is 11.6 Å². The second-order valence-corrected chi connectivity index (χ2v) is 6.97. The summed E-state index contributed by atoms with van der Waals surface area (Å²) < 4.78 is 18.7. The summed E-state index contributed by atoms with van der Waals surface area (Å²) in [6, 6.07) is 3.77. The zero-order valence-electron chi connectivity index (χ0n) is 14.3. The lowest BCUT2D eigenvalue weighted by Crippen LogP contribution is -2.37. The second kappa shape index (κ2) is 6.95. The number of nitrogens with zero attached hydrogens (tertiary/aromatic N) is 4. The lowest BCUT2D eigenvalue weighted by molar-refractivity contribution is -0.123. The molecule has 1 N–H and O–H groups in total. The Hall–Kier alpha value is -2.61. The molecular formula is C18H20FN5O2. The first-order chi connectivity index (χ1) is 12.6. The Kier molecular flexibility index (Phi) is 4.50. The third kappa shape index (κ3) is 3.37. The molecule has 136 valence electrons. The van der Waals surface area contributed by atoms with E-state index < -0.39 is 5.82 Å². The molecule has 1 amide bonds. The highest BCUT2D eigenvalue weighted by atomic mass is 19.1. The van der Waals surface area contributed by atoms with E-state index in [1.165, 1.54) is 12.4 Å². The highest BCUT2D eigenvalue weighted by Crippen LogP contribution is 2.44. The van der Waals surface area contributed by atoms with Crippen molar-refractivity contribution >= 4 is 11.9 Å². The van der Waals surface area contributed by atoms with Crippen LogP contribution in [0.4, 0.5) is 10.3 Å². The van der Waals surface area contributed by atoms with E-state index in [-0.39, 0.29) is 17.2 Å². The van der Waals surface area contributed by atoms with E-state index in [0.29, 0.717) is 45.2 Å². The number of fused-ring (bicyclic) bond motifs is 1. The second-order valence-electron chi connectivity index (χ2n) is 6.97. The third-order valence-corrected chi connectivity index (χ3v) is 5.14. The summed E-state index contributed by atoms with van der Waals surface area (Å²) in [7, 11) is 0. The third-order valence-electron chi connectivity index (χ3n) is 5.14. The van der Waals surface area contributed by atoms with E-state index in [1.54, 1.807) is 12.4 Å². The van der Waals surface area contributed by atoms with Crippen molar-refractivity contribution in [2.45, 2.75) is 13.0 Å². The monoisotopic (exact) mass is 357 g/mol. The Balaban J connectivity index is 1.41. The number of halogens is 1. The van der Waals surface area contributed by atoms with Crippen LogP contribution in [0.3, 0.4) is 0 Å². The van der Waals surface area contributed by atoms with Crippen molar-refractivity contribution in [1.82, 2.24) is 20.3 Å². The number of amides is 1. The minimum absolute atomic E-state index is 0.00812. The molecule has 0 radical (unpaired) electrons. The van der Waals surface area contributed by atoms with Gasteiger partial charge in [0, 0.05) is 49.8 Å². The van der Waals surface area contributed by atoms with Gasteiger partial charge < -0.3 is 15.0 Å². The number of pyridine rings is 1. The van der Waals surface area contributed by atoms with Gasteiger partial charge in [-0.15, -0.1) is 0 Å². The molecule has 2 fully saturated rings. The molecule has 0 bridgehead atoms. The van der Waals surface area contributed by atoms with Gasteiger partial charge in [0.2, 0.25) is 11.9 Å². The Bertz CT molecular complexity index is 773. The molecule has 0 aromatic carbocycles. The quantitative estimate of drug-likeness (QED) is 0.865. The molecule has 2 aromatic rings. The molecule has 2 aliphatic heterocycles. The van der Waals surface area contributed by atoms with Gasteiger partial charge in [-0.25, -0.2) is 14.4 Å². The zero-order valence-corrected chi connectivity index (χ0v) is 14.3. The van der Waals surface area contributed by atoms with Crippen molar-refractivity contribution in [3.8, 4) is 0 Å². The predicted molar refractivity (Wildman–Crippen MR) is 91.6 cm³/mol. The summed E-state index contributed by atoms with van der Waals surface area (Å²) >= 11 is 0. The number of rotatable bonds is 5. The number of hydrogen-bond acceptors (Lipinski definition) is 6. The van der Waals surface area contributed by atoms with Gasteiger partial charge >= 0.3 is 0 Å². The summed E-state index contributed by atoms with van der Waals surface area (Å²) in [5.41, 5.74) is 0.710. The van der Waals surface area contributed by atoms with Gasteiger partial charge in [-0.3, -0.25) is 9.78 Å². The lowest BCUT2D eigenvalue weighted by atomic mass is 9.78. The average molecular weight is 357 g/mol. The molecule has 4 heterocycles. The number of anilines is 1. The average Bonchev–Trinajstić information content (AvgIpc) is 3.18. The Labute approximate surface area is 150 Å². The van der Waals surface area contributed by atoms with Crippen LogP contribution in [0.15, 0.2) is 36.9 Å². The van der Waals surface area contributed by atoms with E-state index in [4.69, 9.17) is 4.74 Å².